The van der Waals surface area contributed by atoms with Crippen molar-refractivity contribution in [1.82, 2.24) is 4.90 Å². The fourth-order valence-corrected chi connectivity index (χ4v) is 3.47. The van der Waals surface area contributed by atoms with Crippen LogP contribution in [0.2, 0.25) is 0 Å². The van der Waals surface area contributed by atoms with Crippen LogP contribution in [0.25, 0.3) is 0 Å². The maximum absolute atomic E-state index is 12.9. The van der Waals surface area contributed by atoms with Crippen LogP contribution in [0.3, 0.4) is 0 Å². The van der Waals surface area contributed by atoms with Gasteiger partial charge in [-0.1, -0.05) is 30.3 Å². The number of alkyl halides is 6. The largest absolute Gasteiger partial charge is 0.460 e. The van der Waals surface area contributed by atoms with E-state index in [1.807, 2.05) is 0 Å². The van der Waals surface area contributed by atoms with Crippen LogP contribution >= 0.6 is 0 Å². The number of carbonyl (C=O) groups excluding carboxylic acids is 1. The van der Waals surface area contributed by atoms with Crippen LogP contribution < -0.4 is 0 Å². The Morgan fingerprint density at radius 1 is 0.968 bits per heavy atom. The molecule has 3 rings (SSSR count). The standard InChI is InChI=1S/C21H19F6NO3/c22-20(23,24)15-5-1-3-13(7-15)10-28-11-17(29)9-18(28)19(30)31-12-14-4-2-6-16(8-14)21(25,26)27/h1-8,17-18,29H,9-12H2. The fraction of sp³-hybridized carbons (Fsp3) is 0.381. The molecule has 1 N–H and O–H groups in total. The summed E-state index contributed by atoms with van der Waals surface area (Å²) in [6, 6.07) is 8.06. The molecule has 1 heterocycles. The molecule has 168 valence electrons. The number of aliphatic hydroxyl groups is 1. The molecule has 10 heteroatoms. The van der Waals surface area contributed by atoms with E-state index in [2.05, 4.69) is 0 Å². The Balaban J connectivity index is 1.66. The minimum Gasteiger partial charge on any atom is -0.460 e. The fourth-order valence-electron chi connectivity index (χ4n) is 3.47. The Hall–Kier alpha value is -2.59. The van der Waals surface area contributed by atoms with Crippen LogP contribution in [0.1, 0.15) is 28.7 Å². The summed E-state index contributed by atoms with van der Waals surface area (Å²) in [5.74, 6) is -0.763. The van der Waals surface area contributed by atoms with E-state index in [1.165, 1.54) is 29.2 Å². The Morgan fingerprint density at radius 3 is 2.10 bits per heavy atom. The summed E-state index contributed by atoms with van der Waals surface area (Å²) in [5.41, 5.74) is -1.25. The van der Waals surface area contributed by atoms with Gasteiger partial charge in [-0.15, -0.1) is 0 Å². The van der Waals surface area contributed by atoms with Crippen molar-refractivity contribution in [3.05, 3.63) is 70.8 Å². The van der Waals surface area contributed by atoms with Crippen molar-refractivity contribution in [3.63, 3.8) is 0 Å². The number of halogens is 6. The predicted octanol–water partition coefficient (Wildman–Crippen LogP) is 4.40. The number of aliphatic hydroxyl groups excluding tert-OH is 1. The Bertz CT molecular complexity index is 928. The molecule has 2 aromatic carbocycles. The SMILES string of the molecule is O=C(OCc1cccc(C(F)(F)F)c1)C1CC(O)CN1Cc1cccc(C(F)(F)F)c1. The minimum atomic E-state index is -4.53. The smallest absolute Gasteiger partial charge is 0.416 e. The highest BCUT2D eigenvalue weighted by Crippen LogP contribution is 2.31. The number of benzene rings is 2. The van der Waals surface area contributed by atoms with Gasteiger partial charge < -0.3 is 9.84 Å². The summed E-state index contributed by atoms with van der Waals surface area (Å²) in [6.45, 7) is -0.364. The minimum absolute atomic E-state index is 0.0143. The van der Waals surface area contributed by atoms with Crippen LogP contribution in [-0.2, 0) is 35.0 Å². The highest BCUT2D eigenvalue weighted by molar-refractivity contribution is 5.76. The van der Waals surface area contributed by atoms with Crippen LogP contribution in [0, 0.1) is 0 Å². The molecular formula is C21H19F6NO3. The molecule has 0 aliphatic carbocycles. The van der Waals surface area contributed by atoms with Gasteiger partial charge in [0.1, 0.15) is 12.6 Å². The van der Waals surface area contributed by atoms with E-state index < -0.39 is 48.2 Å². The van der Waals surface area contributed by atoms with Crippen LogP contribution in [0.4, 0.5) is 26.3 Å². The maximum atomic E-state index is 12.9. The molecule has 0 aromatic heterocycles. The van der Waals surface area contributed by atoms with Crippen molar-refractivity contribution in [2.45, 2.75) is 44.1 Å². The van der Waals surface area contributed by atoms with Gasteiger partial charge in [0.25, 0.3) is 0 Å². The second kappa shape index (κ2) is 8.88. The first-order valence-electron chi connectivity index (χ1n) is 9.34. The molecule has 1 aliphatic rings. The third-order valence-electron chi connectivity index (χ3n) is 4.93. The molecule has 0 bridgehead atoms. The molecule has 4 nitrogen and oxygen atoms in total. The van der Waals surface area contributed by atoms with Crippen molar-refractivity contribution >= 4 is 5.97 Å². The van der Waals surface area contributed by atoms with E-state index in [0.29, 0.717) is 5.56 Å². The third-order valence-corrected chi connectivity index (χ3v) is 4.93. The van der Waals surface area contributed by atoms with Gasteiger partial charge in [0, 0.05) is 19.5 Å². The molecule has 0 spiro atoms. The molecular weight excluding hydrogens is 428 g/mol. The van der Waals surface area contributed by atoms with Crippen LogP contribution in [0.15, 0.2) is 48.5 Å². The zero-order valence-electron chi connectivity index (χ0n) is 16.1. The van der Waals surface area contributed by atoms with Crippen molar-refractivity contribution in [1.29, 1.82) is 0 Å². The molecule has 1 fully saturated rings. The number of nitrogens with zero attached hydrogens (tertiary/aromatic N) is 1. The van der Waals surface area contributed by atoms with Gasteiger partial charge in [-0.05, 0) is 29.3 Å². The number of hydrogen-bond acceptors (Lipinski definition) is 4. The molecule has 2 unspecified atom stereocenters. The monoisotopic (exact) mass is 447 g/mol. The Kier molecular flexibility index (Phi) is 6.61. The summed E-state index contributed by atoms with van der Waals surface area (Å²) in [7, 11) is 0. The number of β-amino-alcohol motifs (C(OH)–C–C–N with tert-alkyl or cyclic N) is 1. The van der Waals surface area contributed by atoms with E-state index in [4.69, 9.17) is 4.74 Å². The van der Waals surface area contributed by atoms with Crippen molar-refractivity contribution in [2.24, 2.45) is 0 Å². The second-order valence-electron chi connectivity index (χ2n) is 7.34. The maximum Gasteiger partial charge on any atom is 0.416 e. The molecule has 2 aromatic rings. The lowest BCUT2D eigenvalue weighted by atomic mass is 10.1. The van der Waals surface area contributed by atoms with E-state index in [9.17, 15) is 36.2 Å². The average Bonchev–Trinajstić information content (AvgIpc) is 3.05. The molecule has 1 saturated heterocycles. The number of rotatable bonds is 5. The van der Waals surface area contributed by atoms with Gasteiger partial charge in [-0.3, -0.25) is 9.69 Å². The topological polar surface area (TPSA) is 49.8 Å². The van der Waals surface area contributed by atoms with E-state index >= 15 is 0 Å². The number of ether oxygens (including phenoxy) is 1. The van der Waals surface area contributed by atoms with Gasteiger partial charge in [0.05, 0.1) is 17.2 Å². The molecule has 0 saturated carbocycles. The van der Waals surface area contributed by atoms with Crippen molar-refractivity contribution in [3.8, 4) is 0 Å². The molecule has 31 heavy (non-hydrogen) atoms. The molecule has 0 amide bonds. The zero-order chi connectivity index (χ0) is 22.8. The molecule has 0 radical (unpaired) electrons. The zero-order valence-corrected chi connectivity index (χ0v) is 16.1. The summed E-state index contributed by atoms with van der Waals surface area (Å²) in [4.78, 5) is 14.0. The number of hydrogen-bond donors (Lipinski definition) is 1. The first-order chi connectivity index (χ1) is 14.4. The van der Waals surface area contributed by atoms with Gasteiger partial charge in [-0.25, -0.2) is 0 Å². The average molecular weight is 447 g/mol. The van der Waals surface area contributed by atoms with Gasteiger partial charge >= 0.3 is 18.3 Å². The first kappa shape index (κ1) is 23.1. The quantitative estimate of drug-likeness (QED) is 0.545. The summed E-state index contributed by atoms with van der Waals surface area (Å²) >= 11 is 0. The number of carbonyl (C=O) groups is 1. The summed E-state index contributed by atoms with van der Waals surface area (Å²) < 4.78 is 82.3. The predicted molar refractivity (Wildman–Crippen MR) is 97.5 cm³/mol. The number of likely N-dealkylation sites (tertiary alicyclic amines) is 1. The van der Waals surface area contributed by atoms with Crippen LogP contribution in [0.5, 0.6) is 0 Å². The lowest BCUT2D eigenvalue weighted by Gasteiger charge is -2.23. The van der Waals surface area contributed by atoms with Gasteiger partial charge in [0.15, 0.2) is 0 Å². The second-order valence-corrected chi connectivity index (χ2v) is 7.34. The van der Waals surface area contributed by atoms with Crippen molar-refractivity contribution in [2.75, 3.05) is 6.54 Å². The highest BCUT2D eigenvalue weighted by Gasteiger charge is 2.38. The number of esters is 1. The molecule has 2 atom stereocenters. The van der Waals surface area contributed by atoms with E-state index in [1.54, 1.807) is 0 Å². The lowest BCUT2D eigenvalue weighted by molar-refractivity contribution is -0.150. The highest BCUT2D eigenvalue weighted by atomic mass is 19.4. The van der Waals surface area contributed by atoms with E-state index in [0.717, 1.165) is 24.3 Å². The summed E-state index contributed by atoms with van der Waals surface area (Å²) in [5, 5.41) is 9.94. The third kappa shape index (κ3) is 5.98. The van der Waals surface area contributed by atoms with Crippen LogP contribution in [-0.4, -0.2) is 34.7 Å². The first-order valence-corrected chi connectivity index (χ1v) is 9.34. The Morgan fingerprint density at radius 2 is 1.52 bits per heavy atom. The lowest BCUT2D eigenvalue weighted by Crippen LogP contribution is -2.36. The molecule has 1 aliphatic heterocycles. The summed E-state index contributed by atoms with van der Waals surface area (Å²) in [6.07, 6.45) is -9.90. The van der Waals surface area contributed by atoms with Crippen molar-refractivity contribution < 1.29 is 41.0 Å². The van der Waals surface area contributed by atoms with Gasteiger partial charge in [0.2, 0.25) is 0 Å². The Labute approximate surface area is 174 Å². The van der Waals surface area contributed by atoms with Gasteiger partial charge in [-0.2, -0.15) is 26.3 Å². The van der Waals surface area contributed by atoms with E-state index in [-0.39, 0.29) is 25.1 Å². The normalized spacial score (nSPS) is 20.1.